The van der Waals surface area contributed by atoms with E-state index in [0.717, 1.165) is 16.8 Å². The van der Waals surface area contributed by atoms with Crippen LogP contribution in [0.4, 0.5) is 0 Å². The molecule has 0 saturated carbocycles. The van der Waals surface area contributed by atoms with Gasteiger partial charge in [-0.05, 0) is 63.1 Å². The fraction of sp³-hybridized carbons (Fsp3) is 0.273. The number of carbonyl (C=O) groups excluding carboxylic acids is 1. The number of ether oxygens (including phenoxy) is 1. The van der Waals surface area contributed by atoms with Gasteiger partial charge in [-0.1, -0.05) is 18.2 Å². The SMILES string of the molecule is Cc1ccc([C@H](C)NC(=O)c2cccc(OC(C)C)c2)cc1-n1ccnc1. The van der Waals surface area contributed by atoms with Gasteiger partial charge in [0, 0.05) is 23.6 Å². The van der Waals surface area contributed by atoms with E-state index in [4.69, 9.17) is 4.74 Å². The van der Waals surface area contributed by atoms with E-state index in [-0.39, 0.29) is 18.1 Å². The Morgan fingerprint density at radius 3 is 2.67 bits per heavy atom. The van der Waals surface area contributed by atoms with Crippen molar-refractivity contribution < 1.29 is 9.53 Å². The van der Waals surface area contributed by atoms with Crippen LogP contribution in [0.1, 0.15) is 48.3 Å². The predicted octanol–water partition coefficient (Wildman–Crippen LogP) is 4.46. The van der Waals surface area contributed by atoms with Crippen LogP contribution >= 0.6 is 0 Å². The molecule has 3 aromatic rings. The molecule has 1 N–H and O–H groups in total. The molecule has 1 atom stereocenters. The zero-order chi connectivity index (χ0) is 19.4. The zero-order valence-electron chi connectivity index (χ0n) is 16.1. The molecule has 5 nitrogen and oxygen atoms in total. The van der Waals surface area contributed by atoms with Crippen molar-refractivity contribution >= 4 is 5.91 Å². The number of hydrogen-bond donors (Lipinski definition) is 1. The van der Waals surface area contributed by atoms with E-state index in [1.807, 2.05) is 49.7 Å². The summed E-state index contributed by atoms with van der Waals surface area (Å²) >= 11 is 0. The maximum absolute atomic E-state index is 12.7. The highest BCUT2D eigenvalue weighted by molar-refractivity contribution is 5.94. The lowest BCUT2D eigenvalue weighted by atomic mass is 10.0. The van der Waals surface area contributed by atoms with Crippen molar-refractivity contribution in [3.8, 4) is 11.4 Å². The van der Waals surface area contributed by atoms with Gasteiger partial charge in [-0.3, -0.25) is 4.79 Å². The van der Waals surface area contributed by atoms with Gasteiger partial charge in [0.05, 0.1) is 18.5 Å². The minimum atomic E-state index is -0.130. The van der Waals surface area contributed by atoms with E-state index >= 15 is 0 Å². The Balaban J connectivity index is 1.76. The van der Waals surface area contributed by atoms with Crippen LogP contribution in [0.5, 0.6) is 5.75 Å². The quantitative estimate of drug-likeness (QED) is 0.703. The number of nitrogens with one attached hydrogen (secondary N) is 1. The maximum Gasteiger partial charge on any atom is 0.251 e. The molecule has 27 heavy (non-hydrogen) atoms. The number of amides is 1. The van der Waals surface area contributed by atoms with Crippen molar-refractivity contribution in [2.75, 3.05) is 0 Å². The summed E-state index contributed by atoms with van der Waals surface area (Å²) in [6, 6.07) is 13.3. The van der Waals surface area contributed by atoms with Crippen LogP contribution in [0, 0.1) is 6.92 Å². The first-order valence-electron chi connectivity index (χ1n) is 9.10. The number of hydrogen-bond acceptors (Lipinski definition) is 3. The Kier molecular flexibility index (Phi) is 5.60. The summed E-state index contributed by atoms with van der Waals surface area (Å²) in [5.74, 6) is 0.574. The Morgan fingerprint density at radius 1 is 1.15 bits per heavy atom. The highest BCUT2D eigenvalue weighted by Crippen LogP contribution is 2.21. The van der Waals surface area contributed by atoms with Gasteiger partial charge in [0.2, 0.25) is 0 Å². The van der Waals surface area contributed by atoms with Crippen LogP contribution in [0.2, 0.25) is 0 Å². The van der Waals surface area contributed by atoms with E-state index in [2.05, 4.69) is 29.4 Å². The summed E-state index contributed by atoms with van der Waals surface area (Å²) < 4.78 is 7.65. The van der Waals surface area contributed by atoms with Crippen LogP contribution in [0.25, 0.3) is 5.69 Å². The first kappa shape index (κ1) is 18.7. The Bertz CT molecular complexity index is 917. The lowest BCUT2D eigenvalue weighted by Crippen LogP contribution is -2.26. The second kappa shape index (κ2) is 8.08. The lowest BCUT2D eigenvalue weighted by Gasteiger charge is -2.17. The van der Waals surface area contributed by atoms with E-state index in [9.17, 15) is 4.79 Å². The number of aromatic nitrogens is 2. The summed E-state index contributed by atoms with van der Waals surface area (Å²) in [6.45, 7) is 7.96. The number of aryl methyl sites for hydroxylation is 1. The van der Waals surface area contributed by atoms with Gasteiger partial charge >= 0.3 is 0 Å². The molecule has 3 rings (SSSR count). The molecule has 0 unspecified atom stereocenters. The third-order valence-corrected chi connectivity index (χ3v) is 4.33. The molecule has 1 heterocycles. The van der Waals surface area contributed by atoms with Crippen LogP contribution in [0.15, 0.2) is 61.2 Å². The van der Waals surface area contributed by atoms with Gasteiger partial charge in [0.25, 0.3) is 5.91 Å². The van der Waals surface area contributed by atoms with E-state index < -0.39 is 0 Å². The summed E-state index contributed by atoms with van der Waals surface area (Å²) in [5.41, 5.74) is 3.82. The third kappa shape index (κ3) is 4.56. The van der Waals surface area contributed by atoms with Crippen molar-refractivity contribution in [2.45, 2.75) is 39.8 Å². The largest absolute Gasteiger partial charge is 0.491 e. The molecule has 0 bridgehead atoms. The van der Waals surface area contributed by atoms with Gasteiger partial charge < -0.3 is 14.6 Å². The predicted molar refractivity (Wildman–Crippen MR) is 106 cm³/mol. The number of rotatable bonds is 6. The van der Waals surface area contributed by atoms with E-state index in [1.165, 1.54) is 0 Å². The number of benzene rings is 2. The van der Waals surface area contributed by atoms with Crippen molar-refractivity contribution in [1.82, 2.24) is 14.9 Å². The minimum Gasteiger partial charge on any atom is -0.491 e. The molecular formula is C22H25N3O2. The summed E-state index contributed by atoms with van der Waals surface area (Å²) in [6.07, 6.45) is 5.51. The molecule has 0 aliphatic heterocycles. The monoisotopic (exact) mass is 363 g/mol. The van der Waals surface area contributed by atoms with Gasteiger partial charge in [0.1, 0.15) is 5.75 Å². The summed E-state index contributed by atoms with van der Waals surface area (Å²) in [7, 11) is 0. The average Bonchev–Trinajstić information content (AvgIpc) is 3.16. The van der Waals surface area contributed by atoms with Gasteiger partial charge in [-0.25, -0.2) is 4.98 Å². The fourth-order valence-electron chi connectivity index (χ4n) is 2.92. The number of imidazole rings is 1. The molecule has 0 saturated heterocycles. The Morgan fingerprint density at radius 2 is 1.96 bits per heavy atom. The molecule has 5 heteroatoms. The molecule has 2 aromatic carbocycles. The molecule has 1 aromatic heterocycles. The summed E-state index contributed by atoms with van der Waals surface area (Å²) in [5, 5.41) is 3.07. The van der Waals surface area contributed by atoms with Crippen molar-refractivity contribution in [1.29, 1.82) is 0 Å². The Hall–Kier alpha value is -3.08. The molecule has 0 aliphatic carbocycles. The van der Waals surface area contributed by atoms with Gasteiger partial charge in [-0.15, -0.1) is 0 Å². The lowest BCUT2D eigenvalue weighted by molar-refractivity contribution is 0.0939. The van der Waals surface area contributed by atoms with Gasteiger partial charge in [-0.2, -0.15) is 0 Å². The molecular weight excluding hydrogens is 338 g/mol. The molecule has 0 fully saturated rings. The highest BCUT2D eigenvalue weighted by Gasteiger charge is 2.14. The molecule has 1 amide bonds. The standard InChI is InChI=1S/C22H25N3O2/c1-15(2)27-20-7-5-6-19(12-20)22(26)24-17(4)18-9-8-16(3)21(13-18)25-11-10-23-14-25/h5-15,17H,1-4H3,(H,24,26)/t17-/m0/s1. The third-order valence-electron chi connectivity index (χ3n) is 4.33. The van der Waals surface area contributed by atoms with Crippen LogP contribution in [-0.2, 0) is 0 Å². The smallest absolute Gasteiger partial charge is 0.251 e. The summed E-state index contributed by atoms with van der Waals surface area (Å²) in [4.78, 5) is 16.8. The van der Waals surface area contributed by atoms with E-state index in [0.29, 0.717) is 11.3 Å². The fourth-order valence-corrected chi connectivity index (χ4v) is 2.92. The van der Waals surface area contributed by atoms with Crippen LogP contribution in [-0.4, -0.2) is 21.6 Å². The van der Waals surface area contributed by atoms with E-state index in [1.54, 1.807) is 24.7 Å². The number of carbonyl (C=O) groups is 1. The maximum atomic E-state index is 12.7. The molecule has 0 aliphatic rings. The van der Waals surface area contributed by atoms with Crippen molar-refractivity contribution in [2.24, 2.45) is 0 Å². The molecule has 140 valence electrons. The average molecular weight is 363 g/mol. The van der Waals surface area contributed by atoms with Crippen LogP contribution < -0.4 is 10.1 Å². The first-order chi connectivity index (χ1) is 12.9. The molecule has 0 radical (unpaired) electrons. The zero-order valence-corrected chi connectivity index (χ0v) is 16.1. The van der Waals surface area contributed by atoms with Crippen LogP contribution in [0.3, 0.4) is 0 Å². The van der Waals surface area contributed by atoms with Crippen molar-refractivity contribution in [3.05, 3.63) is 77.9 Å². The van der Waals surface area contributed by atoms with Crippen molar-refractivity contribution in [3.63, 3.8) is 0 Å². The van der Waals surface area contributed by atoms with Gasteiger partial charge in [0.15, 0.2) is 0 Å². The minimum absolute atomic E-state index is 0.0661. The second-order valence-electron chi connectivity index (χ2n) is 6.91. The number of nitrogens with zero attached hydrogens (tertiary/aromatic N) is 2. The second-order valence-corrected chi connectivity index (χ2v) is 6.91. The topological polar surface area (TPSA) is 56.1 Å². The normalized spacial score (nSPS) is 12.0. The first-order valence-corrected chi connectivity index (χ1v) is 9.10. The highest BCUT2D eigenvalue weighted by atomic mass is 16.5. The Labute approximate surface area is 160 Å². The molecule has 0 spiro atoms.